The third kappa shape index (κ3) is 9.25. The van der Waals surface area contributed by atoms with E-state index < -0.39 is 56.5 Å². The van der Waals surface area contributed by atoms with Gasteiger partial charge in [-0.3, -0.25) is 9.88 Å². The number of rotatable bonds is 12. The fourth-order valence-electron chi connectivity index (χ4n) is 8.30. The maximum absolute atomic E-state index is 14.1. The molecule has 3 aliphatic heterocycles. The molecular weight excluding hydrogens is 813 g/mol. The van der Waals surface area contributed by atoms with Crippen molar-refractivity contribution in [1.29, 1.82) is 0 Å². The molecule has 0 amide bonds. The van der Waals surface area contributed by atoms with Crippen LogP contribution in [-0.2, 0) is 22.4 Å². The number of thiocarbonyl (C=S) groups is 1. The van der Waals surface area contributed by atoms with E-state index in [-0.39, 0.29) is 29.4 Å². The van der Waals surface area contributed by atoms with Crippen LogP contribution in [0.15, 0.2) is 127 Å². The zero-order valence-corrected chi connectivity index (χ0v) is 33.3. The molecule has 8 rings (SSSR count). The molecule has 5 aromatic rings. The molecule has 3 N–H and O–H groups in total. The quantitative estimate of drug-likeness (QED) is 0.0651. The summed E-state index contributed by atoms with van der Waals surface area (Å²) in [6, 6.07) is 21.8. The molecule has 2 bridgehead atoms. The summed E-state index contributed by atoms with van der Waals surface area (Å²) < 4.78 is 120. The van der Waals surface area contributed by atoms with Gasteiger partial charge in [-0.2, -0.15) is 26.3 Å². The van der Waals surface area contributed by atoms with E-state index in [1.54, 1.807) is 74.0 Å². The number of ether oxygens (including phenoxy) is 1. The monoisotopic (exact) mass is 853 g/mol. The van der Waals surface area contributed by atoms with Crippen LogP contribution in [0.5, 0.6) is 5.75 Å². The highest BCUT2D eigenvalue weighted by Crippen LogP contribution is 2.43. The van der Waals surface area contributed by atoms with Gasteiger partial charge in [0.2, 0.25) is 10.0 Å². The Morgan fingerprint density at radius 3 is 2.07 bits per heavy atom. The lowest BCUT2D eigenvalue weighted by molar-refractivity contribution is -0.143. The molecule has 4 aromatic carbocycles. The van der Waals surface area contributed by atoms with Gasteiger partial charge in [-0.1, -0.05) is 66.7 Å². The Morgan fingerprint density at radius 1 is 0.881 bits per heavy atom. The first-order valence-corrected chi connectivity index (χ1v) is 20.7. The second kappa shape index (κ2) is 16.9. The highest BCUT2D eigenvalue weighted by Gasteiger charge is 2.44. The van der Waals surface area contributed by atoms with E-state index in [0.29, 0.717) is 28.7 Å². The molecule has 3 aliphatic rings. The van der Waals surface area contributed by atoms with Gasteiger partial charge in [0, 0.05) is 24.2 Å². The summed E-state index contributed by atoms with van der Waals surface area (Å²) in [6.07, 6.45) is -4.95. The Bertz CT molecular complexity index is 2390. The van der Waals surface area contributed by atoms with Crippen LogP contribution < -0.4 is 20.1 Å². The lowest BCUT2D eigenvalue weighted by Gasteiger charge is -2.52. The number of piperidine rings is 3. The molecule has 0 spiro atoms. The van der Waals surface area contributed by atoms with Crippen LogP contribution in [-0.4, -0.2) is 49.7 Å². The Balaban J connectivity index is 1.29. The van der Waals surface area contributed by atoms with Crippen molar-refractivity contribution in [2.75, 3.05) is 20.2 Å². The van der Waals surface area contributed by atoms with Gasteiger partial charge >= 0.3 is 12.4 Å². The van der Waals surface area contributed by atoms with Gasteiger partial charge < -0.3 is 15.4 Å². The first kappa shape index (κ1) is 42.1. The smallest absolute Gasteiger partial charge is 0.416 e. The van der Waals surface area contributed by atoms with E-state index in [4.69, 9.17) is 17.0 Å². The predicted octanol–water partition coefficient (Wildman–Crippen LogP) is 9.14. The summed E-state index contributed by atoms with van der Waals surface area (Å²) >= 11 is 6.07. The van der Waals surface area contributed by atoms with Crippen molar-refractivity contribution >= 4 is 38.3 Å². The van der Waals surface area contributed by atoms with Gasteiger partial charge in [0.1, 0.15) is 5.75 Å². The van der Waals surface area contributed by atoms with Crippen LogP contribution in [0.25, 0.3) is 10.9 Å². The highest BCUT2D eigenvalue weighted by molar-refractivity contribution is 7.89. The van der Waals surface area contributed by atoms with Crippen molar-refractivity contribution in [1.82, 2.24) is 25.2 Å². The molecule has 16 heteroatoms. The maximum atomic E-state index is 14.1. The maximum Gasteiger partial charge on any atom is 0.416 e. The minimum absolute atomic E-state index is 0.0381. The van der Waals surface area contributed by atoms with Crippen molar-refractivity contribution in [3.05, 3.63) is 150 Å². The molecule has 0 radical (unpaired) electrons. The number of hydrogen-bond acceptors (Lipinski definition) is 6. The third-order valence-electron chi connectivity index (χ3n) is 11.2. The molecule has 310 valence electrons. The molecule has 8 nitrogen and oxygen atoms in total. The Kier molecular flexibility index (Phi) is 12.1. The molecule has 0 aliphatic carbocycles. The standard InChI is InChI=1S/C43H41F6N5O3S2/c1-3-26-25-54-19-17-29(26)20-37(54)40(34-16-18-50-36-15-14-32(57-2)24-35(34)36)52-41(58)51-38(27-10-6-4-7-11-27)39(28-12-8-5-9-13-28)53-59(55,56)33-22-30(42(44,45)46)21-31(23-33)43(47,48)49/h3-16,18,21-24,26,29,37-40,53H,1,17,19-20,25H2,2H3,(H2,51,52,58). The lowest BCUT2D eigenvalue weighted by Crippen LogP contribution is -2.58. The van der Waals surface area contributed by atoms with Gasteiger partial charge in [-0.25, -0.2) is 13.1 Å². The number of hydrogen-bond donors (Lipinski definition) is 3. The van der Waals surface area contributed by atoms with Crippen molar-refractivity contribution in [2.24, 2.45) is 11.8 Å². The average Bonchev–Trinajstić information content (AvgIpc) is 3.23. The van der Waals surface area contributed by atoms with Gasteiger partial charge in [-0.15, -0.1) is 6.58 Å². The molecule has 59 heavy (non-hydrogen) atoms. The largest absolute Gasteiger partial charge is 0.497 e. The highest BCUT2D eigenvalue weighted by atomic mass is 32.2. The normalized spacial score (nSPS) is 21.0. The molecule has 7 atom stereocenters. The molecule has 3 saturated heterocycles. The molecule has 1 aromatic heterocycles. The van der Waals surface area contributed by atoms with E-state index in [1.165, 1.54) is 0 Å². The van der Waals surface area contributed by atoms with Gasteiger partial charge in [-0.05, 0) is 103 Å². The summed E-state index contributed by atoms with van der Waals surface area (Å²) in [5, 5.41) is 7.83. The number of halogens is 6. The topological polar surface area (TPSA) is 95.6 Å². The summed E-state index contributed by atoms with van der Waals surface area (Å²) in [4.78, 5) is 5.80. The predicted molar refractivity (Wildman–Crippen MR) is 217 cm³/mol. The van der Waals surface area contributed by atoms with Crippen LogP contribution in [0.1, 0.15) is 58.8 Å². The second-order valence-corrected chi connectivity index (χ2v) is 16.9. The van der Waals surface area contributed by atoms with Crippen molar-refractivity contribution in [2.45, 2.75) is 54.3 Å². The first-order chi connectivity index (χ1) is 28.1. The van der Waals surface area contributed by atoms with E-state index >= 15 is 0 Å². The second-order valence-electron chi connectivity index (χ2n) is 14.8. The van der Waals surface area contributed by atoms with Crippen LogP contribution in [0.3, 0.4) is 0 Å². The Morgan fingerprint density at radius 2 is 1.51 bits per heavy atom. The average molecular weight is 854 g/mol. The zero-order valence-electron chi connectivity index (χ0n) is 31.7. The summed E-state index contributed by atoms with van der Waals surface area (Å²) in [5.74, 6) is 1.35. The number of pyridine rings is 1. The number of benzene rings is 4. The van der Waals surface area contributed by atoms with Gasteiger partial charge in [0.25, 0.3) is 0 Å². The lowest BCUT2D eigenvalue weighted by atomic mass is 9.73. The fraction of sp³-hybridized carbons (Fsp3) is 0.302. The first-order valence-electron chi connectivity index (χ1n) is 18.8. The molecular formula is C43H41F6N5O3S2. The van der Waals surface area contributed by atoms with Gasteiger partial charge in [0.05, 0.1) is 46.8 Å². The van der Waals surface area contributed by atoms with Crippen LogP contribution in [0.4, 0.5) is 26.3 Å². The van der Waals surface area contributed by atoms with E-state index in [0.717, 1.165) is 42.4 Å². The van der Waals surface area contributed by atoms with E-state index in [2.05, 4.69) is 31.8 Å². The number of nitrogens with zero attached hydrogens (tertiary/aromatic N) is 2. The Hall–Kier alpha value is -5.03. The minimum atomic E-state index is -5.26. The van der Waals surface area contributed by atoms with E-state index in [1.807, 2.05) is 30.3 Å². The Labute approximate surface area is 343 Å². The van der Waals surface area contributed by atoms with Crippen molar-refractivity contribution in [3.8, 4) is 5.75 Å². The third-order valence-corrected chi connectivity index (χ3v) is 12.9. The number of methoxy groups -OCH3 is 1. The molecule has 0 saturated carbocycles. The zero-order chi connectivity index (χ0) is 42.1. The number of nitrogens with one attached hydrogen (secondary N) is 3. The molecule has 3 fully saturated rings. The molecule has 7 unspecified atom stereocenters. The summed E-state index contributed by atoms with van der Waals surface area (Å²) in [5.41, 5.74) is -1.00. The molecule has 4 heterocycles. The van der Waals surface area contributed by atoms with E-state index in [9.17, 15) is 34.8 Å². The summed E-state index contributed by atoms with van der Waals surface area (Å²) in [7, 11) is -3.50. The van der Waals surface area contributed by atoms with Gasteiger partial charge in [0.15, 0.2) is 5.11 Å². The fourth-order valence-corrected chi connectivity index (χ4v) is 9.86. The number of alkyl halides is 6. The van der Waals surface area contributed by atoms with Crippen molar-refractivity contribution in [3.63, 3.8) is 0 Å². The SMILES string of the molecule is C=CC1CN2CCC1CC2C(NC(=S)NC(c1ccccc1)C(NS(=O)(=O)c1cc(C(F)(F)F)cc(C(F)(F)F)c1)c1ccccc1)c1ccnc2ccc(OC)cc12. The van der Waals surface area contributed by atoms with Crippen LogP contribution in [0, 0.1) is 11.8 Å². The minimum Gasteiger partial charge on any atom is -0.497 e. The summed E-state index contributed by atoms with van der Waals surface area (Å²) in [6.45, 7) is 5.74. The van der Waals surface area contributed by atoms with Crippen molar-refractivity contribution < 1.29 is 39.5 Å². The van der Waals surface area contributed by atoms with Crippen LogP contribution in [0.2, 0.25) is 0 Å². The number of aromatic nitrogens is 1. The number of fused-ring (bicyclic) bond motifs is 4. The number of sulfonamides is 1. The van der Waals surface area contributed by atoms with Crippen LogP contribution >= 0.6 is 12.2 Å².